The van der Waals surface area contributed by atoms with Gasteiger partial charge in [-0.15, -0.1) is 0 Å². The molecule has 3 heteroatoms. The monoisotopic (exact) mass is 332 g/mol. The van der Waals surface area contributed by atoms with E-state index >= 15 is 0 Å². The molecule has 2 nitrogen and oxygen atoms in total. The lowest BCUT2D eigenvalue weighted by molar-refractivity contribution is 0.0500. The largest absolute Gasteiger partial charge is 0.467 e. The highest BCUT2D eigenvalue weighted by molar-refractivity contribution is 7.45. The smallest absolute Gasteiger partial charge is 0.188 e. The first-order chi connectivity index (χ1) is 11.0. The quantitative estimate of drug-likeness (QED) is 0.457. The molecule has 0 spiro atoms. The second-order valence-corrected chi connectivity index (χ2v) is 8.34. The Hall–Kier alpha value is -1.11. The Labute approximate surface area is 142 Å². The number of benzene rings is 1. The number of methoxy groups -OCH3 is 1. The molecule has 1 aliphatic carbocycles. The van der Waals surface area contributed by atoms with Crippen LogP contribution in [0.3, 0.4) is 0 Å². The molecule has 1 aromatic carbocycles. The molecule has 0 fully saturated rings. The molecule has 2 rings (SSSR count). The number of hydrogen-bond donors (Lipinski definition) is 0. The van der Waals surface area contributed by atoms with E-state index in [0.717, 1.165) is 20.8 Å². The van der Waals surface area contributed by atoms with Crippen LogP contribution in [0.2, 0.25) is 0 Å². The zero-order valence-corrected chi connectivity index (χ0v) is 16.0. The van der Waals surface area contributed by atoms with Crippen molar-refractivity contribution >= 4 is 8.58 Å². The predicted octanol–water partition coefficient (Wildman–Crippen LogP) is 5.91. The summed E-state index contributed by atoms with van der Waals surface area (Å²) in [5.41, 5.74) is 4.02. The molecule has 0 N–H and O–H groups in total. The van der Waals surface area contributed by atoms with Crippen LogP contribution in [-0.4, -0.2) is 13.9 Å². The molecular formula is C20H29O2P. The second-order valence-electron chi connectivity index (χ2n) is 6.44. The van der Waals surface area contributed by atoms with Crippen molar-refractivity contribution in [3.8, 4) is 5.75 Å². The van der Waals surface area contributed by atoms with Crippen molar-refractivity contribution in [2.24, 2.45) is 0 Å². The lowest BCUT2D eigenvalue weighted by Gasteiger charge is -2.33. The van der Waals surface area contributed by atoms with Crippen molar-refractivity contribution in [1.82, 2.24) is 0 Å². The molecule has 0 saturated heterocycles. The molecule has 0 heterocycles. The highest BCUT2D eigenvalue weighted by Crippen LogP contribution is 2.54. The molecule has 126 valence electrons. The maximum atomic E-state index is 5.85. The van der Waals surface area contributed by atoms with E-state index < -0.39 is 0 Å². The summed E-state index contributed by atoms with van der Waals surface area (Å²) in [6.07, 6.45) is 8.22. The molecule has 1 aromatic rings. The zero-order valence-electron chi connectivity index (χ0n) is 15.0. The van der Waals surface area contributed by atoms with Gasteiger partial charge in [-0.25, -0.2) is 0 Å². The first-order valence-electron chi connectivity index (χ1n) is 8.38. The Kier molecular flexibility index (Phi) is 6.44. The fraction of sp³-hybridized carbons (Fsp3) is 0.500. The number of hydrogen-bond acceptors (Lipinski definition) is 2. The summed E-state index contributed by atoms with van der Waals surface area (Å²) in [5.74, 6) is 0.951. The molecule has 0 radical (unpaired) electrons. The molecule has 23 heavy (non-hydrogen) atoms. The van der Waals surface area contributed by atoms with Gasteiger partial charge in [0.05, 0.1) is 0 Å². The van der Waals surface area contributed by atoms with Crippen LogP contribution in [0, 0.1) is 6.92 Å². The lowest BCUT2D eigenvalue weighted by atomic mass is 9.95. The van der Waals surface area contributed by atoms with Crippen LogP contribution in [0.15, 0.2) is 41.2 Å². The minimum atomic E-state index is 0.0906. The van der Waals surface area contributed by atoms with E-state index in [2.05, 4.69) is 58.0 Å². The van der Waals surface area contributed by atoms with Crippen LogP contribution in [0.1, 0.15) is 51.2 Å². The third kappa shape index (κ3) is 4.46. The molecule has 1 aliphatic rings. The predicted molar refractivity (Wildman–Crippen MR) is 101 cm³/mol. The van der Waals surface area contributed by atoms with Gasteiger partial charge in [-0.1, -0.05) is 52.3 Å². The first kappa shape index (κ1) is 18.2. The molecule has 0 aromatic heterocycles. The minimum Gasteiger partial charge on any atom is -0.467 e. The van der Waals surface area contributed by atoms with Crippen molar-refractivity contribution in [1.29, 1.82) is 0 Å². The van der Waals surface area contributed by atoms with Crippen molar-refractivity contribution in [2.45, 2.75) is 52.1 Å². The van der Waals surface area contributed by atoms with Crippen LogP contribution in [0.5, 0.6) is 5.75 Å². The topological polar surface area (TPSA) is 18.5 Å². The van der Waals surface area contributed by atoms with Gasteiger partial charge in [0.15, 0.2) is 6.79 Å². The summed E-state index contributed by atoms with van der Waals surface area (Å²) in [6.45, 7) is 9.32. The summed E-state index contributed by atoms with van der Waals surface area (Å²) in [7, 11) is 2.42. The van der Waals surface area contributed by atoms with Gasteiger partial charge in [-0.05, 0) is 50.1 Å². The maximum absolute atomic E-state index is 5.85. The van der Waals surface area contributed by atoms with Gasteiger partial charge < -0.3 is 9.47 Å². The van der Waals surface area contributed by atoms with E-state index in [9.17, 15) is 0 Å². The average molecular weight is 332 g/mol. The molecule has 0 aliphatic heterocycles. The van der Waals surface area contributed by atoms with Gasteiger partial charge >= 0.3 is 0 Å². The molecule has 0 saturated carbocycles. The molecule has 0 bridgehead atoms. The number of aryl methyl sites for hydroxylation is 1. The fourth-order valence-electron chi connectivity index (χ4n) is 2.91. The Morgan fingerprint density at radius 1 is 1.17 bits per heavy atom. The maximum Gasteiger partial charge on any atom is 0.188 e. The van der Waals surface area contributed by atoms with Gasteiger partial charge in [0.2, 0.25) is 0 Å². The Morgan fingerprint density at radius 3 is 2.57 bits per heavy atom. The summed E-state index contributed by atoms with van der Waals surface area (Å²) in [5, 5.41) is 1.60. The lowest BCUT2D eigenvalue weighted by Crippen LogP contribution is -2.17. The second kappa shape index (κ2) is 8.13. The van der Waals surface area contributed by atoms with Gasteiger partial charge in [0.25, 0.3) is 0 Å². The summed E-state index contributed by atoms with van der Waals surface area (Å²) < 4.78 is 11.0. The summed E-state index contributed by atoms with van der Waals surface area (Å²) >= 11 is 0. The van der Waals surface area contributed by atoms with Gasteiger partial charge in [0, 0.05) is 17.8 Å². The fourth-order valence-corrected chi connectivity index (χ4v) is 4.56. The minimum absolute atomic E-state index is 0.0906. The summed E-state index contributed by atoms with van der Waals surface area (Å²) in [4.78, 5) is 0. The highest BCUT2D eigenvalue weighted by atomic mass is 31.1. The van der Waals surface area contributed by atoms with Crippen molar-refractivity contribution in [2.75, 3.05) is 13.9 Å². The Balaban J connectivity index is 2.36. The number of ether oxygens (including phenoxy) is 2. The Morgan fingerprint density at radius 2 is 1.91 bits per heavy atom. The van der Waals surface area contributed by atoms with Gasteiger partial charge in [-0.3, -0.25) is 0 Å². The first-order valence-corrected chi connectivity index (χ1v) is 9.38. The van der Waals surface area contributed by atoms with Crippen LogP contribution < -0.4 is 4.74 Å². The van der Waals surface area contributed by atoms with E-state index in [-0.39, 0.29) is 5.16 Å². The standard InChI is InChI=1S/C20H29O2P/c1-6-20(4,23-19-10-8-7-9-16(19)3)17-13-15(2)11-12-18(17)22-14-21-5/h9-13,23H,6-8,14H2,1-5H3. The third-order valence-corrected chi connectivity index (χ3v) is 6.61. The number of rotatable bonds is 7. The van der Waals surface area contributed by atoms with Gasteiger partial charge in [0.1, 0.15) is 5.75 Å². The van der Waals surface area contributed by atoms with Crippen LogP contribution in [0.4, 0.5) is 0 Å². The van der Waals surface area contributed by atoms with E-state index in [1.54, 1.807) is 7.11 Å². The summed E-state index contributed by atoms with van der Waals surface area (Å²) in [6, 6.07) is 6.47. The Bertz CT molecular complexity index is 604. The van der Waals surface area contributed by atoms with E-state index in [1.165, 1.54) is 34.9 Å². The van der Waals surface area contributed by atoms with Crippen LogP contribution in [-0.2, 0) is 9.89 Å². The molecular weight excluding hydrogens is 303 g/mol. The van der Waals surface area contributed by atoms with Crippen molar-refractivity contribution in [3.63, 3.8) is 0 Å². The molecule has 0 amide bonds. The highest BCUT2D eigenvalue weighted by Gasteiger charge is 2.30. The van der Waals surface area contributed by atoms with Crippen LogP contribution in [0.25, 0.3) is 0 Å². The van der Waals surface area contributed by atoms with E-state index in [4.69, 9.17) is 9.47 Å². The zero-order chi connectivity index (χ0) is 16.9. The SMILES string of the molecule is CCC(C)(PC1=CCCC=C1C)c1cc(C)ccc1OCOC. The molecule has 2 atom stereocenters. The molecule has 2 unspecified atom stereocenters. The van der Waals surface area contributed by atoms with E-state index in [1.807, 2.05) is 0 Å². The van der Waals surface area contributed by atoms with Crippen molar-refractivity contribution < 1.29 is 9.47 Å². The van der Waals surface area contributed by atoms with Gasteiger partial charge in [-0.2, -0.15) is 0 Å². The van der Waals surface area contributed by atoms with E-state index in [0.29, 0.717) is 6.79 Å². The normalized spacial score (nSPS) is 17.8. The number of allylic oxidation sites excluding steroid dienone is 4. The van der Waals surface area contributed by atoms with Crippen LogP contribution >= 0.6 is 8.58 Å². The third-order valence-electron chi connectivity index (χ3n) is 4.57. The average Bonchev–Trinajstić information content (AvgIpc) is 2.55. The van der Waals surface area contributed by atoms with Crippen molar-refractivity contribution in [3.05, 3.63) is 52.4 Å².